The van der Waals surface area contributed by atoms with E-state index >= 15 is 0 Å². The summed E-state index contributed by atoms with van der Waals surface area (Å²) in [5.41, 5.74) is 6.32. The fourth-order valence-electron chi connectivity index (χ4n) is 4.08. The molecule has 0 amide bonds. The molecule has 0 aromatic carbocycles. The SMILES string of the molecule is CCn1ncnc1CC(N)CC1CC2CCC1C2. The highest BCUT2D eigenvalue weighted by Gasteiger charge is 2.39. The Bertz CT molecular complexity index is 400. The molecule has 2 bridgehead atoms. The van der Waals surface area contributed by atoms with E-state index in [2.05, 4.69) is 17.0 Å². The summed E-state index contributed by atoms with van der Waals surface area (Å²) in [5, 5.41) is 4.21. The third kappa shape index (κ3) is 2.30. The quantitative estimate of drug-likeness (QED) is 0.867. The summed E-state index contributed by atoms with van der Waals surface area (Å²) in [5.74, 6) is 3.93. The minimum atomic E-state index is 0.254. The van der Waals surface area contributed by atoms with Gasteiger partial charge < -0.3 is 5.73 Å². The number of aromatic nitrogens is 3. The normalized spacial score (nSPS) is 32.0. The zero-order valence-corrected chi connectivity index (χ0v) is 11.3. The second kappa shape index (κ2) is 5.00. The van der Waals surface area contributed by atoms with Crippen molar-refractivity contribution < 1.29 is 0 Å². The lowest BCUT2D eigenvalue weighted by atomic mass is 9.84. The fraction of sp³-hybridized carbons (Fsp3) is 0.857. The first kappa shape index (κ1) is 12.2. The van der Waals surface area contributed by atoms with E-state index in [0.717, 1.165) is 36.5 Å². The number of hydrogen-bond donors (Lipinski definition) is 1. The highest BCUT2D eigenvalue weighted by molar-refractivity contribution is 4.94. The van der Waals surface area contributed by atoms with Gasteiger partial charge in [-0.15, -0.1) is 0 Å². The molecular formula is C14H24N4. The highest BCUT2D eigenvalue weighted by Crippen LogP contribution is 2.49. The van der Waals surface area contributed by atoms with Gasteiger partial charge in [0.15, 0.2) is 0 Å². The third-order valence-electron chi connectivity index (χ3n) is 4.93. The first-order chi connectivity index (χ1) is 8.76. The maximum atomic E-state index is 6.32. The molecule has 2 aliphatic carbocycles. The van der Waals surface area contributed by atoms with Gasteiger partial charge in [-0.05, 0) is 50.4 Å². The molecule has 1 heterocycles. The summed E-state index contributed by atoms with van der Waals surface area (Å²) in [4.78, 5) is 4.32. The molecule has 4 heteroatoms. The van der Waals surface area contributed by atoms with E-state index in [1.165, 1.54) is 32.1 Å². The van der Waals surface area contributed by atoms with Gasteiger partial charge in [0.25, 0.3) is 0 Å². The molecule has 4 atom stereocenters. The number of aryl methyl sites for hydroxylation is 1. The molecule has 2 fully saturated rings. The molecule has 100 valence electrons. The largest absolute Gasteiger partial charge is 0.327 e. The van der Waals surface area contributed by atoms with E-state index in [1.807, 2.05) is 4.68 Å². The predicted molar refractivity (Wildman–Crippen MR) is 70.9 cm³/mol. The Morgan fingerprint density at radius 3 is 3.00 bits per heavy atom. The van der Waals surface area contributed by atoms with Crippen LogP contribution in [0, 0.1) is 17.8 Å². The fourth-order valence-corrected chi connectivity index (χ4v) is 4.08. The Morgan fingerprint density at radius 1 is 1.44 bits per heavy atom. The first-order valence-electron chi connectivity index (χ1n) is 7.38. The smallest absolute Gasteiger partial charge is 0.138 e. The average molecular weight is 248 g/mol. The van der Waals surface area contributed by atoms with Crippen molar-refractivity contribution in [2.75, 3.05) is 0 Å². The molecule has 0 radical (unpaired) electrons. The van der Waals surface area contributed by atoms with Crippen LogP contribution in [-0.4, -0.2) is 20.8 Å². The van der Waals surface area contributed by atoms with Crippen LogP contribution in [0.5, 0.6) is 0 Å². The summed E-state index contributed by atoms with van der Waals surface area (Å²) < 4.78 is 1.96. The van der Waals surface area contributed by atoms with Gasteiger partial charge in [-0.3, -0.25) is 4.68 Å². The lowest BCUT2D eigenvalue weighted by Crippen LogP contribution is -2.29. The summed E-state index contributed by atoms with van der Waals surface area (Å²) >= 11 is 0. The summed E-state index contributed by atoms with van der Waals surface area (Å²) in [6, 6.07) is 0.254. The predicted octanol–water partition coefficient (Wildman–Crippen LogP) is 1.99. The van der Waals surface area contributed by atoms with Crippen LogP contribution in [0.15, 0.2) is 6.33 Å². The van der Waals surface area contributed by atoms with Gasteiger partial charge in [-0.1, -0.05) is 6.42 Å². The number of hydrogen-bond acceptors (Lipinski definition) is 3. The van der Waals surface area contributed by atoms with Crippen molar-refractivity contribution in [2.24, 2.45) is 23.5 Å². The summed E-state index contributed by atoms with van der Waals surface area (Å²) in [7, 11) is 0. The molecule has 18 heavy (non-hydrogen) atoms. The van der Waals surface area contributed by atoms with Gasteiger partial charge >= 0.3 is 0 Å². The Labute approximate surface area is 109 Å². The number of rotatable bonds is 5. The van der Waals surface area contributed by atoms with Crippen molar-refractivity contribution in [2.45, 2.75) is 58.0 Å². The summed E-state index contributed by atoms with van der Waals surface area (Å²) in [6.07, 6.45) is 9.53. The maximum absolute atomic E-state index is 6.32. The van der Waals surface area contributed by atoms with Gasteiger partial charge in [0.05, 0.1) is 0 Å². The van der Waals surface area contributed by atoms with Crippen molar-refractivity contribution in [1.82, 2.24) is 14.8 Å². The minimum Gasteiger partial charge on any atom is -0.327 e. The highest BCUT2D eigenvalue weighted by atomic mass is 15.3. The van der Waals surface area contributed by atoms with Crippen LogP contribution >= 0.6 is 0 Å². The minimum absolute atomic E-state index is 0.254. The molecular weight excluding hydrogens is 224 g/mol. The maximum Gasteiger partial charge on any atom is 0.138 e. The molecule has 0 aliphatic heterocycles. The number of fused-ring (bicyclic) bond motifs is 2. The number of nitrogens with two attached hydrogens (primary N) is 1. The zero-order chi connectivity index (χ0) is 12.5. The Hall–Kier alpha value is -0.900. The molecule has 2 N–H and O–H groups in total. The van der Waals surface area contributed by atoms with Crippen LogP contribution in [0.4, 0.5) is 0 Å². The Balaban J connectivity index is 1.54. The van der Waals surface area contributed by atoms with Crippen LogP contribution in [0.2, 0.25) is 0 Å². The van der Waals surface area contributed by atoms with Gasteiger partial charge in [0, 0.05) is 19.0 Å². The van der Waals surface area contributed by atoms with E-state index in [1.54, 1.807) is 6.33 Å². The lowest BCUT2D eigenvalue weighted by molar-refractivity contribution is 0.292. The standard InChI is InChI=1S/C14H24N4/c1-2-18-14(16-9-17-18)8-13(15)7-12-6-10-3-4-11(12)5-10/h9-13H,2-8,15H2,1H3. The van der Waals surface area contributed by atoms with E-state index in [4.69, 9.17) is 5.73 Å². The van der Waals surface area contributed by atoms with Crippen molar-refractivity contribution >= 4 is 0 Å². The molecule has 2 saturated carbocycles. The van der Waals surface area contributed by atoms with Crippen molar-refractivity contribution in [1.29, 1.82) is 0 Å². The van der Waals surface area contributed by atoms with Crippen molar-refractivity contribution in [3.8, 4) is 0 Å². The van der Waals surface area contributed by atoms with Crippen LogP contribution in [0.3, 0.4) is 0 Å². The lowest BCUT2D eigenvalue weighted by Gasteiger charge is -2.24. The average Bonchev–Trinajstić information content (AvgIpc) is 3.04. The van der Waals surface area contributed by atoms with E-state index in [0.29, 0.717) is 0 Å². The summed E-state index contributed by atoms with van der Waals surface area (Å²) in [6.45, 7) is 2.98. The molecule has 0 saturated heterocycles. The van der Waals surface area contributed by atoms with Crippen molar-refractivity contribution in [3.63, 3.8) is 0 Å². The molecule has 4 nitrogen and oxygen atoms in total. The molecule has 4 unspecified atom stereocenters. The van der Waals surface area contributed by atoms with E-state index in [9.17, 15) is 0 Å². The number of nitrogens with zero attached hydrogens (tertiary/aromatic N) is 3. The zero-order valence-electron chi connectivity index (χ0n) is 11.3. The van der Waals surface area contributed by atoms with Gasteiger partial charge in [-0.25, -0.2) is 4.98 Å². The van der Waals surface area contributed by atoms with Gasteiger partial charge in [-0.2, -0.15) is 5.10 Å². The van der Waals surface area contributed by atoms with Crippen LogP contribution < -0.4 is 5.73 Å². The Kier molecular flexibility index (Phi) is 3.37. The van der Waals surface area contributed by atoms with E-state index < -0.39 is 0 Å². The van der Waals surface area contributed by atoms with Gasteiger partial charge in [0.1, 0.15) is 12.2 Å². The van der Waals surface area contributed by atoms with Crippen LogP contribution in [0.25, 0.3) is 0 Å². The van der Waals surface area contributed by atoms with Crippen LogP contribution in [-0.2, 0) is 13.0 Å². The second-order valence-corrected chi connectivity index (χ2v) is 6.13. The topological polar surface area (TPSA) is 56.7 Å². The molecule has 3 rings (SSSR count). The molecule has 1 aromatic rings. The van der Waals surface area contributed by atoms with Crippen molar-refractivity contribution in [3.05, 3.63) is 12.2 Å². The first-order valence-corrected chi connectivity index (χ1v) is 7.38. The van der Waals surface area contributed by atoms with Crippen LogP contribution in [0.1, 0.15) is 44.9 Å². The van der Waals surface area contributed by atoms with E-state index in [-0.39, 0.29) is 6.04 Å². The second-order valence-electron chi connectivity index (χ2n) is 6.13. The molecule has 0 spiro atoms. The third-order valence-corrected chi connectivity index (χ3v) is 4.93. The Morgan fingerprint density at radius 2 is 2.33 bits per heavy atom. The monoisotopic (exact) mass is 248 g/mol. The molecule has 2 aliphatic rings. The molecule has 1 aromatic heterocycles. The van der Waals surface area contributed by atoms with Gasteiger partial charge in [0.2, 0.25) is 0 Å².